The number of hydrogen-bond donors (Lipinski definition) is 1. The van der Waals surface area contributed by atoms with Crippen molar-refractivity contribution >= 4 is 11.9 Å². The second-order valence-corrected chi connectivity index (χ2v) is 4.67. The molecule has 2 aliphatic rings. The number of epoxide rings is 1. The van der Waals surface area contributed by atoms with Gasteiger partial charge in [-0.25, -0.2) is 9.59 Å². The van der Waals surface area contributed by atoms with Gasteiger partial charge in [-0.1, -0.05) is 0 Å². The molecule has 100 valence electrons. The lowest BCUT2D eigenvalue weighted by Crippen LogP contribution is -2.37. The van der Waals surface area contributed by atoms with E-state index in [0.717, 1.165) is 0 Å². The number of carboxylic acid groups (broad SMARTS) is 1. The molecule has 3 rings (SSSR count). The van der Waals surface area contributed by atoms with E-state index in [9.17, 15) is 9.59 Å². The van der Waals surface area contributed by atoms with Crippen LogP contribution >= 0.6 is 0 Å². The van der Waals surface area contributed by atoms with Crippen molar-refractivity contribution in [3.05, 3.63) is 34.4 Å². The predicted molar refractivity (Wildman–Crippen MR) is 61.8 cm³/mol. The molecular formula is C13H12O6. The minimum Gasteiger partial charge on any atom is -0.478 e. The highest BCUT2D eigenvalue weighted by atomic mass is 16.9. The SMILES string of the molecule is Cc1cc(C(=O)O)cc(C)c1C(=O)OC1OC2OC12. The van der Waals surface area contributed by atoms with Gasteiger partial charge in [0.1, 0.15) is 0 Å². The molecule has 6 heteroatoms. The molecule has 2 saturated heterocycles. The average Bonchev–Trinajstić information content (AvgIpc) is 2.96. The van der Waals surface area contributed by atoms with Gasteiger partial charge in [-0.3, -0.25) is 0 Å². The lowest BCUT2D eigenvalue weighted by molar-refractivity contribution is -0.172. The summed E-state index contributed by atoms with van der Waals surface area (Å²) < 4.78 is 15.3. The number of aromatic carboxylic acids is 1. The molecule has 2 aliphatic heterocycles. The number of esters is 1. The van der Waals surface area contributed by atoms with Crippen molar-refractivity contribution in [3.8, 4) is 0 Å². The van der Waals surface area contributed by atoms with Crippen molar-refractivity contribution in [2.45, 2.75) is 32.5 Å². The Hall–Kier alpha value is -1.92. The molecule has 0 spiro atoms. The van der Waals surface area contributed by atoms with Crippen molar-refractivity contribution in [2.75, 3.05) is 0 Å². The molecule has 3 atom stereocenters. The normalized spacial score (nSPS) is 27.2. The van der Waals surface area contributed by atoms with Crippen molar-refractivity contribution < 1.29 is 28.9 Å². The summed E-state index contributed by atoms with van der Waals surface area (Å²) in [5, 5.41) is 8.94. The van der Waals surface area contributed by atoms with Gasteiger partial charge in [0.15, 0.2) is 12.4 Å². The van der Waals surface area contributed by atoms with Gasteiger partial charge in [-0.2, -0.15) is 0 Å². The van der Waals surface area contributed by atoms with Crippen molar-refractivity contribution in [1.82, 2.24) is 0 Å². The summed E-state index contributed by atoms with van der Waals surface area (Å²) in [5.41, 5.74) is 1.65. The summed E-state index contributed by atoms with van der Waals surface area (Å²) in [5.74, 6) is -1.55. The van der Waals surface area contributed by atoms with E-state index in [0.29, 0.717) is 16.7 Å². The summed E-state index contributed by atoms with van der Waals surface area (Å²) >= 11 is 0. The largest absolute Gasteiger partial charge is 0.478 e. The van der Waals surface area contributed by atoms with Crippen molar-refractivity contribution in [3.63, 3.8) is 0 Å². The highest BCUT2D eigenvalue weighted by Crippen LogP contribution is 2.41. The molecule has 0 aliphatic carbocycles. The number of ether oxygens (including phenoxy) is 3. The van der Waals surface area contributed by atoms with Gasteiger partial charge < -0.3 is 19.3 Å². The number of benzene rings is 1. The number of fused-ring (bicyclic) bond motifs is 1. The average molecular weight is 264 g/mol. The molecule has 0 radical (unpaired) electrons. The molecule has 0 bridgehead atoms. The lowest BCUT2D eigenvalue weighted by atomic mass is 9.99. The molecule has 19 heavy (non-hydrogen) atoms. The third-order valence-electron chi connectivity index (χ3n) is 3.23. The van der Waals surface area contributed by atoms with Gasteiger partial charge >= 0.3 is 11.9 Å². The molecule has 2 fully saturated rings. The predicted octanol–water partition coefficient (Wildman–Crippen LogP) is 1.24. The number of hydrogen-bond acceptors (Lipinski definition) is 5. The number of rotatable bonds is 3. The zero-order valence-electron chi connectivity index (χ0n) is 10.4. The summed E-state index contributed by atoms with van der Waals surface area (Å²) in [6.07, 6.45) is -0.993. The van der Waals surface area contributed by atoms with Gasteiger partial charge in [0.25, 0.3) is 0 Å². The molecule has 0 saturated carbocycles. The van der Waals surface area contributed by atoms with Crippen LogP contribution in [-0.2, 0) is 14.2 Å². The van der Waals surface area contributed by atoms with Crippen LogP contribution in [0.5, 0.6) is 0 Å². The van der Waals surface area contributed by atoms with Gasteiger partial charge in [-0.15, -0.1) is 0 Å². The highest BCUT2D eigenvalue weighted by molar-refractivity contribution is 5.95. The standard InChI is InChI=1S/C13H12O6/c1-5-3-7(10(14)15)4-6(2)8(5)11(16)18-13-9-12(17-9)19-13/h3-4,9,12-13H,1-2H3,(H,14,15). The number of carbonyl (C=O) groups excluding carboxylic acids is 1. The van der Waals surface area contributed by atoms with E-state index in [4.69, 9.17) is 19.3 Å². The summed E-state index contributed by atoms with van der Waals surface area (Å²) in [4.78, 5) is 22.9. The van der Waals surface area contributed by atoms with Crippen LogP contribution in [0.25, 0.3) is 0 Å². The molecule has 1 aromatic carbocycles. The van der Waals surface area contributed by atoms with Crippen LogP contribution < -0.4 is 0 Å². The minimum atomic E-state index is -1.03. The minimum absolute atomic E-state index is 0.136. The Kier molecular flexibility index (Phi) is 2.58. The third kappa shape index (κ3) is 1.98. The molecule has 2 heterocycles. The summed E-state index contributed by atoms with van der Waals surface area (Å²) in [6, 6.07) is 2.90. The molecule has 3 unspecified atom stereocenters. The summed E-state index contributed by atoms with van der Waals surface area (Å²) in [7, 11) is 0. The zero-order chi connectivity index (χ0) is 13.7. The number of carbonyl (C=O) groups is 2. The van der Waals surface area contributed by atoms with Crippen LogP contribution in [0.15, 0.2) is 12.1 Å². The second kappa shape index (κ2) is 4.04. The molecular weight excluding hydrogens is 252 g/mol. The van der Waals surface area contributed by atoms with Gasteiger partial charge in [0.2, 0.25) is 6.29 Å². The smallest absolute Gasteiger partial charge is 0.341 e. The van der Waals surface area contributed by atoms with E-state index < -0.39 is 18.2 Å². The topological polar surface area (TPSA) is 85.4 Å². The summed E-state index contributed by atoms with van der Waals surface area (Å²) in [6.45, 7) is 3.35. The maximum atomic E-state index is 12.0. The fraction of sp³-hybridized carbons (Fsp3) is 0.385. The maximum Gasteiger partial charge on any atom is 0.341 e. The van der Waals surface area contributed by atoms with E-state index >= 15 is 0 Å². The van der Waals surface area contributed by atoms with Gasteiger partial charge in [-0.05, 0) is 37.1 Å². The van der Waals surface area contributed by atoms with Crippen LogP contribution in [0, 0.1) is 13.8 Å². The molecule has 1 aromatic rings. The Morgan fingerprint density at radius 2 is 1.84 bits per heavy atom. The maximum absolute atomic E-state index is 12.0. The Morgan fingerprint density at radius 3 is 2.26 bits per heavy atom. The fourth-order valence-corrected chi connectivity index (χ4v) is 2.20. The van der Waals surface area contributed by atoms with Gasteiger partial charge in [0.05, 0.1) is 11.1 Å². The molecule has 0 aromatic heterocycles. The van der Waals surface area contributed by atoms with E-state index in [1.54, 1.807) is 13.8 Å². The molecule has 6 nitrogen and oxygen atoms in total. The first-order chi connectivity index (χ1) is 8.97. The number of carboxylic acids is 1. The first-order valence-corrected chi connectivity index (χ1v) is 5.84. The first kappa shape index (κ1) is 12.1. The van der Waals surface area contributed by atoms with E-state index in [-0.39, 0.29) is 18.0 Å². The van der Waals surface area contributed by atoms with Crippen molar-refractivity contribution in [1.29, 1.82) is 0 Å². The van der Waals surface area contributed by atoms with E-state index in [1.807, 2.05) is 0 Å². The van der Waals surface area contributed by atoms with E-state index in [2.05, 4.69) is 0 Å². The van der Waals surface area contributed by atoms with E-state index in [1.165, 1.54) is 12.1 Å². The zero-order valence-corrected chi connectivity index (χ0v) is 10.4. The van der Waals surface area contributed by atoms with Crippen LogP contribution in [0.4, 0.5) is 0 Å². The lowest BCUT2D eigenvalue weighted by Gasteiger charge is -2.21. The fourth-order valence-electron chi connectivity index (χ4n) is 2.20. The Labute approximate surface area is 108 Å². The Balaban J connectivity index is 1.82. The Morgan fingerprint density at radius 1 is 1.21 bits per heavy atom. The van der Waals surface area contributed by atoms with Crippen LogP contribution in [0.2, 0.25) is 0 Å². The van der Waals surface area contributed by atoms with Gasteiger partial charge in [0, 0.05) is 0 Å². The second-order valence-electron chi connectivity index (χ2n) is 4.67. The first-order valence-electron chi connectivity index (χ1n) is 5.84. The van der Waals surface area contributed by atoms with Crippen LogP contribution in [0.1, 0.15) is 31.8 Å². The monoisotopic (exact) mass is 264 g/mol. The highest BCUT2D eigenvalue weighted by Gasteiger charge is 2.61. The van der Waals surface area contributed by atoms with Crippen LogP contribution in [0.3, 0.4) is 0 Å². The quantitative estimate of drug-likeness (QED) is 0.653. The third-order valence-corrected chi connectivity index (χ3v) is 3.23. The molecule has 0 amide bonds. The number of aryl methyl sites for hydroxylation is 2. The van der Waals surface area contributed by atoms with Crippen molar-refractivity contribution in [2.24, 2.45) is 0 Å². The van der Waals surface area contributed by atoms with Crippen LogP contribution in [-0.4, -0.2) is 35.7 Å². The Bertz CT molecular complexity index is 555. The molecule has 1 N–H and O–H groups in total.